The lowest BCUT2D eigenvalue weighted by Crippen LogP contribution is -2.43. The van der Waals surface area contributed by atoms with Crippen LogP contribution in [0, 0.1) is 5.92 Å². The van der Waals surface area contributed by atoms with E-state index in [1.165, 1.54) is 4.88 Å². The van der Waals surface area contributed by atoms with Gasteiger partial charge in [-0.05, 0) is 50.5 Å². The van der Waals surface area contributed by atoms with Gasteiger partial charge in [0.25, 0.3) is 0 Å². The van der Waals surface area contributed by atoms with Crippen molar-refractivity contribution >= 4 is 28.7 Å². The first kappa shape index (κ1) is 18.8. The van der Waals surface area contributed by atoms with E-state index in [2.05, 4.69) is 62.0 Å². The van der Waals surface area contributed by atoms with E-state index in [1.54, 1.807) is 22.2 Å². The molecule has 0 aliphatic carbocycles. The summed E-state index contributed by atoms with van der Waals surface area (Å²) in [6.07, 6.45) is 3.27. The van der Waals surface area contributed by atoms with Gasteiger partial charge in [-0.1, -0.05) is 6.07 Å². The zero-order valence-corrected chi connectivity index (χ0v) is 17.0. The maximum Gasteiger partial charge on any atom is 0.223 e. The lowest BCUT2D eigenvalue weighted by Gasteiger charge is -2.32. The van der Waals surface area contributed by atoms with Gasteiger partial charge >= 0.3 is 0 Å². The van der Waals surface area contributed by atoms with E-state index in [-0.39, 0.29) is 17.9 Å². The molecule has 9 heteroatoms. The van der Waals surface area contributed by atoms with Crippen LogP contribution >= 0.6 is 11.3 Å². The second-order valence-corrected chi connectivity index (χ2v) is 8.31. The number of nitrogens with one attached hydrogen (secondary N) is 1. The summed E-state index contributed by atoms with van der Waals surface area (Å²) in [5, 5.41) is 17.6. The number of fused-ring (bicyclic) bond motifs is 1. The zero-order valence-electron chi connectivity index (χ0n) is 16.2. The third-order valence-electron chi connectivity index (χ3n) is 5.30. The molecule has 0 radical (unpaired) electrons. The second kappa shape index (κ2) is 8.24. The molecule has 1 aliphatic heterocycles. The topological polar surface area (TPSA) is 78.7 Å². The number of piperidine rings is 1. The Bertz CT molecular complexity index is 915. The van der Waals surface area contributed by atoms with Crippen LogP contribution in [0.3, 0.4) is 0 Å². The molecule has 1 unspecified atom stereocenters. The van der Waals surface area contributed by atoms with Crippen molar-refractivity contribution in [2.75, 3.05) is 38.6 Å². The first-order chi connectivity index (χ1) is 13.6. The molecule has 1 N–H and O–H groups in total. The molecule has 1 amide bonds. The number of carbonyl (C=O) groups is 1. The summed E-state index contributed by atoms with van der Waals surface area (Å²) in [4.78, 5) is 18.3. The standard InChI is InChI=1S/C19H25N7OS/c1-24(2)15(16-4-3-11-28-16)12-20-19(27)14-7-9-25(10-8-14)18-6-5-17-22-21-13-26(17)23-18/h3-6,11,13-15H,7-10,12H2,1-2H3,(H,20,27). The molecule has 4 heterocycles. The Kier molecular flexibility index (Phi) is 5.54. The molecular formula is C19H25N7OS. The van der Waals surface area contributed by atoms with Crippen molar-refractivity contribution < 1.29 is 4.79 Å². The normalized spacial score (nSPS) is 16.6. The van der Waals surface area contributed by atoms with Crippen LogP contribution in [-0.2, 0) is 4.79 Å². The minimum atomic E-state index is 0.0565. The molecule has 148 valence electrons. The first-order valence-corrected chi connectivity index (χ1v) is 10.4. The number of rotatable bonds is 6. The molecule has 3 aromatic heterocycles. The number of carbonyl (C=O) groups excluding carboxylic acids is 1. The molecule has 0 aromatic carbocycles. The van der Waals surface area contributed by atoms with Crippen LogP contribution in [0.4, 0.5) is 5.82 Å². The van der Waals surface area contributed by atoms with Gasteiger partial charge in [-0.2, -0.15) is 4.52 Å². The quantitative estimate of drug-likeness (QED) is 0.681. The number of amides is 1. The average molecular weight is 400 g/mol. The molecule has 1 atom stereocenters. The molecule has 8 nitrogen and oxygen atoms in total. The summed E-state index contributed by atoms with van der Waals surface area (Å²) in [6, 6.07) is 8.27. The fraction of sp³-hybridized carbons (Fsp3) is 0.474. The smallest absolute Gasteiger partial charge is 0.223 e. The van der Waals surface area contributed by atoms with Crippen molar-refractivity contribution in [3.63, 3.8) is 0 Å². The largest absolute Gasteiger partial charge is 0.355 e. The van der Waals surface area contributed by atoms with Crippen LogP contribution in [0.25, 0.3) is 5.65 Å². The monoisotopic (exact) mass is 399 g/mol. The lowest BCUT2D eigenvalue weighted by molar-refractivity contribution is -0.125. The Morgan fingerprint density at radius 2 is 2.14 bits per heavy atom. The third kappa shape index (κ3) is 4.00. The van der Waals surface area contributed by atoms with Gasteiger partial charge in [0.05, 0.1) is 6.04 Å². The van der Waals surface area contributed by atoms with Gasteiger partial charge in [0.15, 0.2) is 5.65 Å². The van der Waals surface area contributed by atoms with E-state index in [0.29, 0.717) is 6.54 Å². The lowest BCUT2D eigenvalue weighted by atomic mass is 9.95. The number of anilines is 1. The number of nitrogens with zero attached hydrogens (tertiary/aromatic N) is 6. The average Bonchev–Trinajstić information content (AvgIpc) is 3.39. The van der Waals surface area contributed by atoms with Gasteiger partial charge in [-0.3, -0.25) is 4.79 Å². The summed E-state index contributed by atoms with van der Waals surface area (Å²) in [5.41, 5.74) is 0.735. The highest BCUT2D eigenvalue weighted by Crippen LogP contribution is 2.24. The van der Waals surface area contributed by atoms with Crippen molar-refractivity contribution in [2.24, 2.45) is 5.92 Å². The van der Waals surface area contributed by atoms with Crippen molar-refractivity contribution in [2.45, 2.75) is 18.9 Å². The van der Waals surface area contributed by atoms with Gasteiger partial charge in [0.1, 0.15) is 12.1 Å². The minimum absolute atomic E-state index is 0.0565. The van der Waals surface area contributed by atoms with Crippen molar-refractivity contribution in [3.05, 3.63) is 40.8 Å². The Morgan fingerprint density at radius 1 is 1.32 bits per heavy atom. The molecule has 1 fully saturated rings. The van der Waals surface area contributed by atoms with Crippen LogP contribution in [-0.4, -0.2) is 64.3 Å². The van der Waals surface area contributed by atoms with E-state index < -0.39 is 0 Å². The Hall–Kier alpha value is -2.52. The van der Waals surface area contributed by atoms with Crippen molar-refractivity contribution in [1.29, 1.82) is 0 Å². The van der Waals surface area contributed by atoms with E-state index in [9.17, 15) is 4.79 Å². The predicted molar refractivity (Wildman–Crippen MR) is 109 cm³/mol. The highest BCUT2D eigenvalue weighted by atomic mass is 32.1. The van der Waals surface area contributed by atoms with Gasteiger partial charge in [-0.15, -0.1) is 26.6 Å². The summed E-state index contributed by atoms with van der Waals surface area (Å²) in [6.45, 7) is 2.28. The zero-order chi connectivity index (χ0) is 19.5. The molecular weight excluding hydrogens is 374 g/mol. The van der Waals surface area contributed by atoms with Crippen molar-refractivity contribution in [1.82, 2.24) is 30.0 Å². The number of hydrogen-bond acceptors (Lipinski definition) is 7. The maximum atomic E-state index is 12.7. The maximum absolute atomic E-state index is 12.7. The molecule has 28 heavy (non-hydrogen) atoms. The third-order valence-corrected chi connectivity index (χ3v) is 6.28. The van der Waals surface area contributed by atoms with Crippen LogP contribution in [0.2, 0.25) is 0 Å². The molecule has 0 saturated carbocycles. The van der Waals surface area contributed by atoms with Gasteiger partial charge < -0.3 is 15.1 Å². The van der Waals surface area contributed by atoms with Crippen LogP contribution < -0.4 is 10.2 Å². The Balaban J connectivity index is 1.31. The predicted octanol–water partition coefficient (Wildman–Crippen LogP) is 1.82. The van der Waals surface area contributed by atoms with Crippen LogP contribution in [0.1, 0.15) is 23.8 Å². The number of hydrogen-bond donors (Lipinski definition) is 1. The van der Waals surface area contributed by atoms with E-state index in [1.807, 2.05) is 12.1 Å². The van der Waals surface area contributed by atoms with E-state index in [4.69, 9.17) is 0 Å². The first-order valence-electron chi connectivity index (χ1n) is 9.51. The van der Waals surface area contributed by atoms with E-state index >= 15 is 0 Å². The summed E-state index contributed by atoms with van der Waals surface area (Å²) >= 11 is 1.73. The SMILES string of the molecule is CN(C)C(CNC(=O)C1CCN(c2ccc3nncn3n2)CC1)c1cccs1. The Labute approximate surface area is 168 Å². The fourth-order valence-electron chi connectivity index (χ4n) is 3.62. The molecule has 4 rings (SSSR count). The van der Waals surface area contributed by atoms with Gasteiger partial charge in [0.2, 0.25) is 5.91 Å². The van der Waals surface area contributed by atoms with Crippen molar-refractivity contribution in [3.8, 4) is 0 Å². The molecule has 0 spiro atoms. The molecule has 1 aliphatic rings. The minimum Gasteiger partial charge on any atom is -0.355 e. The van der Waals surface area contributed by atoms with Gasteiger partial charge in [-0.25, -0.2) is 0 Å². The molecule has 3 aromatic rings. The summed E-state index contributed by atoms with van der Waals surface area (Å²) < 4.78 is 1.68. The molecule has 1 saturated heterocycles. The second-order valence-electron chi connectivity index (χ2n) is 7.33. The summed E-state index contributed by atoms with van der Waals surface area (Å²) in [7, 11) is 4.10. The number of thiophene rings is 1. The van der Waals surface area contributed by atoms with Crippen LogP contribution in [0.15, 0.2) is 36.0 Å². The Morgan fingerprint density at radius 3 is 2.86 bits per heavy atom. The number of aromatic nitrogens is 4. The van der Waals surface area contributed by atoms with Crippen LogP contribution in [0.5, 0.6) is 0 Å². The highest BCUT2D eigenvalue weighted by Gasteiger charge is 2.27. The molecule has 0 bridgehead atoms. The van der Waals surface area contributed by atoms with E-state index in [0.717, 1.165) is 37.4 Å². The van der Waals surface area contributed by atoms with Gasteiger partial charge in [0, 0.05) is 30.4 Å². The number of likely N-dealkylation sites (N-methyl/N-ethyl adjacent to an activating group) is 1. The summed E-state index contributed by atoms with van der Waals surface area (Å²) in [5.74, 6) is 1.11. The fourth-order valence-corrected chi connectivity index (χ4v) is 4.54. The highest BCUT2D eigenvalue weighted by molar-refractivity contribution is 7.10.